The predicted octanol–water partition coefficient (Wildman–Crippen LogP) is -2.71. The molecule has 0 aliphatic carbocycles. The highest BCUT2D eigenvalue weighted by Gasteiger charge is 2.44. The molecule has 0 saturated carbocycles. The Morgan fingerprint density at radius 1 is 1.24 bits per heavy atom. The first kappa shape index (κ1) is 17.9. The Labute approximate surface area is 144 Å². The van der Waals surface area contributed by atoms with E-state index >= 15 is 0 Å². The molecule has 0 aromatic carbocycles. The van der Waals surface area contributed by atoms with Crippen molar-refractivity contribution in [3.63, 3.8) is 0 Å². The molecule has 1 aliphatic heterocycles. The first-order chi connectivity index (χ1) is 12.1. The fraction of sp³-hybridized carbons (Fsp3) is 0.643. The van der Waals surface area contributed by atoms with Gasteiger partial charge in [0.1, 0.15) is 30.2 Å². The van der Waals surface area contributed by atoms with Gasteiger partial charge in [0, 0.05) is 19.1 Å². The van der Waals surface area contributed by atoms with E-state index in [0.29, 0.717) is 37.2 Å². The zero-order valence-corrected chi connectivity index (χ0v) is 13.7. The summed E-state index contributed by atoms with van der Waals surface area (Å²) in [5, 5.41) is 23.9. The smallest absolute Gasteiger partial charge is 0.167 e. The molecule has 9 N–H and O–H groups in total. The number of aliphatic hydroxyl groups is 2. The molecule has 2 aromatic rings. The Hall–Kier alpha value is -1.89. The molecule has 138 valence electrons. The van der Waals surface area contributed by atoms with Gasteiger partial charge in [-0.2, -0.15) is 0 Å². The predicted molar refractivity (Wildman–Crippen MR) is 90.2 cm³/mol. The van der Waals surface area contributed by atoms with Gasteiger partial charge in [-0.1, -0.05) is 0 Å². The van der Waals surface area contributed by atoms with Crippen molar-refractivity contribution in [3.05, 3.63) is 12.7 Å². The largest absolute Gasteiger partial charge is 0.387 e. The number of fused-ring (bicyclic) bond motifs is 1. The van der Waals surface area contributed by atoms with E-state index in [9.17, 15) is 10.2 Å². The highest BCUT2D eigenvalue weighted by atomic mass is 16.6. The number of anilines is 1. The summed E-state index contributed by atoms with van der Waals surface area (Å²) >= 11 is 0. The second kappa shape index (κ2) is 7.56. The van der Waals surface area contributed by atoms with Crippen LogP contribution in [0.2, 0.25) is 0 Å². The van der Waals surface area contributed by atoms with Gasteiger partial charge in [0.15, 0.2) is 17.7 Å². The molecule has 1 aliphatic rings. The van der Waals surface area contributed by atoms with Crippen molar-refractivity contribution in [3.8, 4) is 0 Å². The number of hydrogen-bond acceptors (Lipinski definition) is 10. The number of imidazole rings is 1. The summed E-state index contributed by atoms with van der Waals surface area (Å²) in [6.07, 6.45) is -0.144. The molecule has 1 saturated heterocycles. The van der Waals surface area contributed by atoms with Crippen LogP contribution < -0.4 is 22.5 Å². The Balaban J connectivity index is 1.74. The standard InChI is InChI=1S/C14H24N8O3/c15-2-1-7(3-16)18-4-8-10(23)11(24)14(25-8)22-6-21-9-12(17)19-5-20-13(9)22/h5-8,10-11,14,18,23-24H,1-4,15-16H2,(H2,17,19,20)/t7?,8-,10-,11-,14-/m1/s1. The lowest BCUT2D eigenvalue weighted by atomic mass is 10.1. The number of ether oxygens (including phenoxy) is 1. The summed E-state index contributed by atoms with van der Waals surface area (Å²) in [4.78, 5) is 12.2. The van der Waals surface area contributed by atoms with E-state index in [-0.39, 0.29) is 11.9 Å². The Kier molecular flexibility index (Phi) is 5.42. The first-order valence-electron chi connectivity index (χ1n) is 8.15. The van der Waals surface area contributed by atoms with Crippen molar-refractivity contribution in [1.82, 2.24) is 24.8 Å². The molecular formula is C14H24N8O3. The first-order valence-corrected chi connectivity index (χ1v) is 8.15. The van der Waals surface area contributed by atoms with Crippen molar-refractivity contribution in [2.24, 2.45) is 11.5 Å². The minimum Gasteiger partial charge on any atom is -0.387 e. The number of aromatic nitrogens is 4. The Morgan fingerprint density at radius 2 is 2.04 bits per heavy atom. The molecule has 3 heterocycles. The van der Waals surface area contributed by atoms with Gasteiger partial charge in [-0.15, -0.1) is 0 Å². The summed E-state index contributed by atoms with van der Waals surface area (Å²) in [6, 6.07) is 0.0265. The van der Waals surface area contributed by atoms with Crippen molar-refractivity contribution >= 4 is 17.0 Å². The molecule has 11 heteroatoms. The lowest BCUT2D eigenvalue weighted by Gasteiger charge is -2.20. The molecule has 0 amide bonds. The molecular weight excluding hydrogens is 328 g/mol. The van der Waals surface area contributed by atoms with Crippen molar-refractivity contribution in [2.45, 2.75) is 37.0 Å². The lowest BCUT2D eigenvalue weighted by molar-refractivity contribution is -0.0347. The third-order valence-corrected chi connectivity index (χ3v) is 4.41. The topological polar surface area (TPSA) is 183 Å². The van der Waals surface area contributed by atoms with E-state index < -0.39 is 24.5 Å². The highest BCUT2D eigenvalue weighted by Crippen LogP contribution is 2.31. The molecule has 25 heavy (non-hydrogen) atoms. The van der Waals surface area contributed by atoms with Crippen LogP contribution in [0.25, 0.3) is 11.2 Å². The maximum Gasteiger partial charge on any atom is 0.167 e. The van der Waals surface area contributed by atoms with E-state index in [1.807, 2.05) is 0 Å². The monoisotopic (exact) mass is 352 g/mol. The van der Waals surface area contributed by atoms with Gasteiger partial charge in [-0.3, -0.25) is 4.57 Å². The fourth-order valence-corrected chi connectivity index (χ4v) is 2.97. The highest BCUT2D eigenvalue weighted by molar-refractivity contribution is 5.81. The second-order valence-corrected chi connectivity index (χ2v) is 6.05. The molecule has 1 fully saturated rings. The number of hydrogen-bond donors (Lipinski definition) is 6. The Morgan fingerprint density at radius 3 is 2.76 bits per heavy atom. The van der Waals surface area contributed by atoms with Crippen LogP contribution in [0.5, 0.6) is 0 Å². The zero-order valence-electron chi connectivity index (χ0n) is 13.7. The normalized spacial score (nSPS) is 27.8. The molecule has 0 spiro atoms. The van der Waals surface area contributed by atoms with Crippen LogP contribution in [-0.2, 0) is 4.74 Å². The summed E-state index contributed by atoms with van der Waals surface area (Å²) in [5.74, 6) is 0.238. The number of nitrogens with zero attached hydrogens (tertiary/aromatic N) is 4. The van der Waals surface area contributed by atoms with Crippen molar-refractivity contribution in [1.29, 1.82) is 0 Å². The van der Waals surface area contributed by atoms with Gasteiger partial charge < -0.3 is 37.5 Å². The lowest BCUT2D eigenvalue weighted by Crippen LogP contribution is -2.44. The summed E-state index contributed by atoms with van der Waals surface area (Å²) in [5.41, 5.74) is 17.8. The van der Waals surface area contributed by atoms with Crippen LogP contribution in [0.15, 0.2) is 12.7 Å². The maximum absolute atomic E-state index is 10.4. The number of nitrogens with two attached hydrogens (primary N) is 3. The van der Waals surface area contributed by atoms with Crippen LogP contribution in [0.3, 0.4) is 0 Å². The van der Waals surface area contributed by atoms with Crippen molar-refractivity contribution < 1.29 is 14.9 Å². The summed E-state index contributed by atoms with van der Waals surface area (Å²) < 4.78 is 7.38. The molecule has 11 nitrogen and oxygen atoms in total. The van der Waals surface area contributed by atoms with Gasteiger partial charge in [0.2, 0.25) is 0 Å². The van der Waals surface area contributed by atoms with Crippen LogP contribution in [0, 0.1) is 0 Å². The Bertz CT molecular complexity index is 710. The minimum absolute atomic E-state index is 0.0265. The number of nitrogens with one attached hydrogen (secondary N) is 1. The van der Waals surface area contributed by atoms with Gasteiger partial charge in [-0.05, 0) is 13.0 Å². The SMILES string of the molecule is NCCC(CN)NC[C@H]1O[C@@H](n2cnc3c(N)ncnc32)[C@H](O)[C@@H]1O. The molecule has 2 aromatic heterocycles. The van der Waals surface area contributed by atoms with E-state index in [1.54, 1.807) is 4.57 Å². The number of aliphatic hydroxyl groups excluding tert-OH is 2. The zero-order chi connectivity index (χ0) is 18.0. The minimum atomic E-state index is -1.13. The number of rotatable bonds is 7. The van der Waals surface area contributed by atoms with Crippen LogP contribution in [0.4, 0.5) is 5.82 Å². The summed E-state index contributed by atoms with van der Waals surface area (Å²) in [6.45, 7) is 1.27. The average molecular weight is 352 g/mol. The van der Waals surface area contributed by atoms with E-state index in [1.165, 1.54) is 12.7 Å². The van der Waals surface area contributed by atoms with Crippen LogP contribution in [-0.4, -0.2) is 73.7 Å². The van der Waals surface area contributed by atoms with Gasteiger partial charge in [-0.25, -0.2) is 15.0 Å². The quantitative estimate of drug-likeness (QED) is 0.306. The van der Waals surface area contributed by atoms with Gasteiger partial charge in [0.05, 0.1) is 6.33 Å². The molecule has 0 radical (unpaired) electrons. The molecule has 5 atom stereocenters. The third kappa shape index (κ3) is 3.42. The van der Waals surface area contributed by atoms with Gasteiger partial charge >= 0.3 is 0 Å². The van der Waals surface area contributed by atoms with Crippen LogP contribution >= 0.6 is 0 Å². The fourth-order valence-electron chi connectivity index (χ4n) is 2.97. The molecule has 0 bridgehead atoms. The van der Waals surface area contributed by atoms with E-state index in [2.05, 4.69) is 20.3 Å². The van der Waals surface area contributed by atoms with E-state index in [4.69, 9.17) is 21.9 Å². The summed E-state index contributed by atoms with van der Waals surface area (Å²) in [7, 11) is 0. The van der Waals surface area contributed by atoms with E-state index in [0.717, 1.165) is 0 Å². The molecule has 1 unspecified atom stereocenters. The van der Waals surface area contributed by atoms with Gasteiger partial charge in [0.25, 0.3) is 0 Å². The second-order valence-electron chi connectivity index (χ2n) is 6.05. The average Bonchev–Trinajstić information content (AvgIpc) is 3.15. The maximum atomic E-state index is 10.4. The van der Waals surface area contributed by atoms with Crippen molar-refractivity contribution in [2.75, 3.05) is 25.4 Å². The number of nitrogen functional groups attached to an aromatic ring is 1. The third-order valence-electron chi connectivity index (χ3n) is 4.41. The molecule has 3 rings (SSSR count). The van der Waals surface area contributed by atoms with Crippen LogP contribution in [0.1, 0.15) is 12.6 Å².